The third kappa shape index (κ3) is 6.75. The number of rotatable bonds is 10. The van der Waals surface area contributed by atoms with Gasteiger partial charge in [0.2, 0.25) is 5.95 Å². The molecule has 0 bridgehead atoms. The first-order chi connectivity index (χ1) is 16.5. The Hall–Kier alpha value is -2.15. The second-order valence-electron chi connectivity index (χ2n) is 8.29. The van der Waals surface area contributed by atoms with Crippen LogP contribution in [-0.2, 0) is 16.3 Å². The second-order valence-corrected chi connectivity index (χ2v) is 12.8. The number of methoxy groups -OCH3 is 1. The first-order valence-electron chi connectivity index (χ1n) is 11.0. The van der Waals surface area contributed by atoms with Crippen molar-refractivity contribution in [1.82, 2.24) is 13.1 Å². The predicted molar refractivity (Wildman–Crippen MR) is 150 cm³/mol. The molecule has 1 heterocycles. The molecule has 35 heavy (non-hydrogen) atoms. The van der Waals surface area contributed by atoms with Crippen molar-refractivity contribution in [2.24, 2.45) is 0 Å². The van der Waals surface area contributed by atoms with Crippen molar-refractivity contribution < 1.29 is 13.2 Å². The molecule has 0 amide bonds. The van der Waals surface area contributed by atoms with Crippen molar-refractivity contribution in [3.63, 3.8) is 0 Å². The standard InChI is InChI=1S/C24H29ClIN5O3S/c1-15(2)35(32,33)22-9-7-6-8-19(22)28-23-18(25)14-27-24(30-23)29-20-12-16(3)17(10-11-31(4)26)13-21(20)34-5/h6-9,12-15H,10-11H2,1-5H3,(H2,27,28,29,30). The van der Waals surface area contributed by atoms with Gasteiger partial charge in [0, 0.05) is 29.4 Å². The molecule has 1 aromatic heterocycles. The summed E-state index contributed by atoms with van der Waals surface area (Å²) in [6.07, 6.45) is 2.36. The molecule has 0 fully saturated rings. The highest BCUT2D eigenvalue weighted by atomic mass is 127. The third-order valence-corrected chi connectivity index (χ3v) is 8.37. The molecule has 0 saturated carbocycles. The number of aromatic nitrogens is 2. The van der Waals surface area contributed by atoms with E-state index in [0.29, 0.717) is 23.1 Å². The highest BCUT2D eigenvalue weighted by molar-refractivity contribution is 14.1. The monoisotopic (exact) mass is 629 g/mol. The van der Waals surface area contributed by atoms with Gasteiger partial charge < -0.3 is 15.4 Å². The summed E-state index contributed by atoms with van der Waals surface area (Å²) in [6.45, 7) is 6.26. The maximum Gasteiger partial charge on any atom is 0.229 e. The summed E-state index contributed by atoms with van der Waals surface area (Å²) in [5.41, 5.74) is 3.42. The summed E-state index contributed by atoms with van der Waals surface area (Å²) in [7, 11) is 0.136. The summed E-state index contributed by atoms with van der Waals surface area (Å²) in [4.78, 5) is 8.97. The van der Waals surface area contributed by atoms with Crippen LogP contribution >= 0.6 is 34.5 Å². The molecule has 0 saturated heterocycles. The lowest BCUT2D eigenvalue weighted by Gasteiger charge is -2.17. The summed E-state index contributed by atoms with van der Waals surface area (Å²) in [5, 5.41) is 5.95. The van der Waals surface area contributed by atoms with Crippen LogP contribution in [0.5, 0.6) is 5.75 Å². The van der Waals surface area contributed by atoms with Crippen LogP contribution in [-0.4, -0.2) is 47.5 Å². The Balaban J connectivity index is 1.92. The maximum absolute atomic E-state index is 12.8. The number of aryl methyl sites for hydroxylation is 1. The lowest BCUT2D eigenvalue weighted by atomic mass is 10.0. The van der Waals surface area contributed by atoms with Gasteiger partial charge in [0.05, 0.1) is 34.8 Å². The Morgan fingerprint density at radius 2 is 1.89 bits per heavy atom. The quantitative estimate of drug-likeness (QED) is 0.210. The van der Waals surface area contributed by atoms with E-state index in [1.54, 1.807) is 45.2 Å². The Morgan fingerprint density at radius 3 is 2.54 bits per heavy atom. The summed E-state index contributed by atoms with van der Waals surface area (Å²) >= 11 is 8.62. The van der Waals surface area contributed by atoms with E-state index in [9.17, 15) is 8.42 Å². The summed E-state index contributed by atoms with van der Waals surface area (Å²) < 4.78 is 33.3. The first kappa shape index (κ1) is 27.4. The number of halogens is 2. The number of likely N-dealkylation sites (N-methyl/N-ethyl adjacent to an activating group) is 1. The molecule has 0 atom stereocenters. The SMILES string of the molecule is COc1cc(CCN(C)I)c(C)cc1Nc1ncc(Cl)c(Nc2ccccc2S(=O)(=O)C(C)C)n1. The number of nitrogens with zero attached hydrogens (tertiary/aromatic N) is 3. The van der Waals surface area contributed by atoms with Crippen molar-refractivity contribution in [3.05, 3.63) is 58.7 Å². The molecule has 0 radical (unpaired) electrons. The minimum atomic E-state index is -3.51. The van der Waals surface area contributed by atoms with E-state index in [0.717, 1.165) is 18.5 Å². The average Bonchev–Trinajstić information content (AvgIpc) is 2.80. The zero-order chi connectivity index (χ0) is 25.8. The van der Waals surface area contributed by atoms with Crippen molar-refractivity contribution >= 4 is 67.4 Å². The lowest BCUT2D eigenvalue weighted by molar-refractivity contribution is 0.416. The molecule has 0 aliphatic heterocycles. The zero-order valence-corrected chi connectivity index (χ0v) is 24.0. The molecule has 8 nitrogen and oxygen atoms in total. The highest BCUT2D eigenvalue weighted by Gasteiger charge is 2.23. The molecule has 3 rings (SSSR count). The first-order valence-corrected chi connectivity index (χ1v) is 13.9. The number of nitrogens with one attached hydrogen (secondary N) is 2. The fourth-order valence-corrected chi connectivity index (χ4v) is 4.96. The number of ether oxygens (including phenoxy) is 1. The maximum atomic E-state index is 12.8. The van der Waals surface area contributed by atoms with Crippen LogP contribution in [0.3, 0.4) is 0 Å². The molecule has 11 heteroatoms. The van der Waals surface area contributed by atoms with E-state index in [1.165, 1.54) is 11.8 Å². The summed E-state index contributed by atoms with van der Waals surface area (Å²) in [5.74, 6) is 1.25. The molecule has 2 N–H and O–H groups in total. The van der Waals surface area contributed by atoms with Crippen LogP contribution in [0, 0.1) is 6.92 Å². The van der Waals surface area contributed by atoms with E-state index in [2.05, 4.69) is 53.5 Å². The van der Waals surface area contributed by atoms with Gasteiger partial charge in [-0.1, -0.05) is 23.7 Å². The van der Waals surface area contributed by atoms with Crippen molar-refractivity contribution in [3.8, 4) is 5.75 Å². The van der Waals surface area contributed by atoms with Gasteiger partial charge in [0.1, 0.15) is 10.8 Å². The molecule has 0 aliphatic rings. The molecule has 2 aromatic carbocycles. The van der Waals surface area contributed by atoms with Crippen molar-refractivity contribution in [1.29, 1.82) is 0 Å². The van der Waals surface area contributed by atoms with E-state index in [1.807, 2.05) is 19.2 Å². The van der Waals surface area contributed by atoms with Gasteiger partial charge >= 0.3 is 0 Å². The van der Waals surface area contributed by atoms with Crippen LogP contribution in [0.1, 0.15) is 25.0 Å². The normalized spacial score (nSPS) is 11.7. The van der Waals surface area contributed by atoms with E-state index < -0.39 is 15.1 Å². The van der Waals surface area contributed by atoms with Crippen LogP contribution in [0.15, 0.2) is 47.5 Å². The van der Waals surface area contributed by atoms with E-state index in [4.69, 9.17) is 16.3 Å². The van der Waals surface area contributed by atoms with E-state index >= 15 is 0 Å². The van der Waals surface area contributed by atoms with Crippen LogP contribution in [0.4, 0.5) is 23.1 Å². The predicted octanol–water partition coefficient (Wildman–Crippen LogP) is 5.94. The molecule has 3 aromatic rings. The van der Waals surface area contributed by atoms with Crippen LogP contribution in [0.2, 0.25) is 5.02 Å². The topological polar surface area (TPSA) is 96.5 Å². The largest absolute Gasteiger partial charge is 0.495 e. The Bertz CT molecular complexity index is 1300. The van der Waals surface area contributed by atoms with Gasteiger partial charge in [0.15, 0.2) is 15.7 Å². The molecule has 0 unspecified atom stereocenters. The zero-order valence-electron chi connectivity index (χ0n) is 20.3. The molecular weight excluding hydrogens is 601 g/mol. The lowest BCUT2D eigenvalue weighted by Crippen LogP contribution is -2.15. The minimum Gasteiger partial charge on any atom is -0.495 e. The van der Waals surface area contributed by atoms with Gasteiger partial charge in [-0.3, -0.25) is 3.11 Å². The smallest absolute Gasteiger partial charge is 0.229 e. The molecule has 0 aliphatic carbocycles. The number of sulfone groups is 1. The number of anilines is 4. The Kier molecular flexibility index (Phi) is 9.19. The molecule has 188 valence electrons. The average molecular weight is 630 g/mol. The number of para-hydroxylation sites is 1. The highest BCUT2D eigenvalue weighted by Crippen LogP contribution is 2.33. The van der Waals surface area contributed by atoms with E-state index in [-0.39, 0.29) is 15.7 Å². The number of benzene rings is 2. The van der Waals surface area contributed by atoms with Gasteiger partial charge in [-0.2, -0.15) is 4.98 Å². The number of hydrogen-bond donors (Lipinski definition) is 2. The minimum absolute atomic E-state index is 0.184. The number of hydrogen-bond acceptors (Lipinski definition) is 8. The summed E-state index contributed by atoms with van der Waals surface area (Å²) in [6, 6.07) is 10.7. The second kappa shape index (κ2) is 11.7. The third-order valence-electron chi connectivity index (χ3n) is 5.41. The van der Waals surface area contributed by atoms with Crippen molar-refractivity contribution in [2.75, 3.05) is 31.3 Å². The van der Waals surface area contributed by atoms with Crippen LogP contribution in [0.25, 0.3) is 0 Å². The molecule has 0 spiro atoms. The van der Waals surface area contributed by atoms with Crippen LogP contribution < -0.4 is 15.4 Å². The van der Waals surface area contributed by atoms with Gasteiger partial charge in [-0.25, -0.2) is 13.4 Å². The Labute approximate surface area is 225 Å². The van der Waals surface area contributed by atoms with Gasteiger partial charge in [-0.05, 0) is 69.6 Å². The van der Waals surface area contributed by atoms with Gasteiger partial charge in [0.25, 0.3) is 0 Å². The van der Waals surface area contributed by atoms with Gasteiger partial charge in [-0.15, -0.1) is 0 Å². The van der Waals surface area contributed by atoms with Crippen molar-refractivity contribution in [2.45, 2.75) is 37.3 Å². The fraction of sp³-hybridized carbons (Fsp3) is 0.333. The molecular formula is C24H29ClIN5O3S. The Morgan fingerprint density at radius 1 is 1.17 bits per heavy atom. The fourth-order valence-electron chi connectivity index (χ4n) is 3.38.